The van der Waals surface area contributed by atoms with Crippen LogP contribution in [0, 0.1) is 5.92 Å². The van der Waals surface area contributed by atoms with Crippen molar-refractivity contribution in [3.05, 3.63) is 22.4 Å². The maximum absolute atomic E-state index is 12.7. The van der Waals surface area contributed by atoms with Crippen molar-refractivity contribution in [3.8, 4) is 0 Å². The van der Waals surface area contributed by atoms with Gasteiger partial charge in [-0.05, 0) is 30.7 Å². The first-order valence-electron chi connectivity index (χ1n) is 7.26. The second-order valence-electron chi connectivity index (χ2n) is 5.66. The molecule has 2 saturated heterocycles. The summed E-state index contributed by atoms with van der Waals surface area (Å²) >= 11 is 1.63. The number of carbonyl (C=O) groups excluding carboxylic acids is 2. The summed E-state index contributed by atoms with van der Waals surface area (Å²) in [5, 5.41) is 2.01. The second-order valence-corrected chi connectivity index (χ2v) is 6.64. The minimum Gasteiger partial charge on any atom is -0.342 e. The molecule has 3 heterocycles. The maximum atomic E-state index is 12.7. The Labute approximate surface area is 123 Å². The number of likely N-dealkylation sites (tertiary alicyclic amines) is 2. The average Bonchev–Trinajstić information content (AvgIpc) is 3.08. The number of thiophene rings is 1. The van der Waals surface area contributed by atoms with Crippen LogP contribution < -0.4 is 0 Å². The van der Waals surface area contributed by atoms with Crippen LogP contribution in [0.4, 0.5) is 0 Å². The van der Waals surface area contributed by atoms with Gasteiger partial charge in [0.1, 0.15) is 0 Å². The van der Waals surface area contributed by atoms with Crippen molar-refractivity contribution in [2.45, 2.75) is 31.7 Å². The molecule has 4 nitrogen and oxygen atoms in total. The first kappa shape index (κ1) is 13.6. The van der Waals surface area contributed by atoms with Crippen LogP contribution in [0.1, 0.15) is 36.6 Å². The molecule has 3 rings (SSSR count). The lowest BCUT2D eigenvalue weighted by molar-refractivity contribution is -0.137. The third-order valence-electron chi connectivity index (χ3n) is 4.41. The Bertz CT molecular complexity index is 494. The molecular weight excluding hydrogens is 272 g/mol. The number of carbonyl (C=O) groups is 2. The van der Waals surface area contributed by atoms with Crippen LogP contribution in [-0.2, 0) is 9.59 Å². The summed E-state index contributed by atoms with van der Waals surface area (Å²) < 4.78 is 0. The smallest absolute Gasteiger partial charge is 0.228 e. The molecule has 1 aromatic rings. The lowest BCUT2D eigenvalue weighted by atomic mass is 9.96. The van der Waals surface area contributed by atoms with E-state index in [0.717, 1.165) is 30.8 Å². The normalized spacial score (nSPS) is 27.1. The Balaban J connectivity index is 1.83. The van der Waals surface area contributed by atoms with E-state index < -0.39 is 0 Å². The molecule has 108 valence electrons. The van der Waals surface area contributed by atoms with Crippen LogP contribution in [-0.4, -0.2) is 41.8 Å². The third-order valence-corrected chi connectivity index (χ3v) is 5.35. The number of piperidine rings is 1. The molecule has 20 heavy (non-hydrogen) atoms. The summed E-state index contributed by atoms with van der Waals surface area (Å²) in [6.45, 7) is 1.70. The summed E-state index contributed by atoms with van der Waals surface area (Å²) in [4.78, 5) is 29.6. The highest BCUT2D eigenvalue weighted by Crippen LogP contribution is 2.40. The molecule has 2 fully saturated rings. The molecule has 0 radical (unpaired) electrons. The fourth-order valence-electron chi connectivity index (χ4n) is 3.29. The minimum atomic E-state index is -0.204. The Morgan fingerprint density at radius 3 is 2.70 bits per heavy atom. The molecule has 2 aliphatic rings. The molecule has 2 atom stereocenters. The molecule has 0 N–H and O–H groups in total. The van der Waals surface area contributed by atoms with E-state index in [-0.39, 0.29) is 23.8 Å². The van der Waals surface area contributed by atoms with Crippen LogP contribution in [0.5, 0.6) is 0 Å². The van der Waals surface area contributed by atoms with Gasteiger partial charge in [-0.15, -0.1) is 11.3 Å². The van der Waals surface area contributed by atoms with Crippen molar-refractivity contribution < 1.29 is 9.59 Å². The van der Waals surface area contributed by atoms with Crippen molar-refractivity contribution in [1.29, 1.82) is 0 Å². The van der Waals surface area contributed by atoms with E-state index in [1.807, 2.05) is 29.5 Å². The van der Waals surface area contributed by atoms with Gasteiger partial charge < -0.3 is 9.80 Å². The van der Waals surface area contributed by atoms with Crippen LogP contribution in [0.15, 0.2) is 17.5 Å². The molecule has 2 aliphatic heterocycles. The van der Waals surface area contributed by atoms with E-state index in [0.29, 0.717) is 6.42 Å². The molecule has 0 aromatic carbocycles. The minimum absolute atomic E-state index is 0.0723. The Morgan fingerprint density at radius 1 is 1.30 bits per heavy atom. The molecule has 0 saturated carbocycles. The fraction of sp³-hybridized carbons (Fsp3) is 0.600. The van der Waals surface area contributed by atoms with Crippen LogP contribution in [0.3, 0.4) is 0 Å². The van der Waals surface area contributed by atoms with E-state index in [9.17, 15) is 9.59 Å². The molecule has 1 aromatic heterocycles. The topological polar surface area (TPSA) is 40.6 Å². The monoisotopic (exact) mass is 292 g/mol. The quantitative estimate of drug-likeness (QED) is 0.839. The second kappa shape index (κ2) is 5.56. The van der Waals surface area contributed by atoms with Gasteiger partial charge in [0, 0.05) is 31.4 Å². The van der Waals surface area contributed by atoms with Crippen LogP contribution >= 0.6 is 11.3 Å². The zero-order valence-corrected chi connectivity index (χ0v) is 12.6. The Hall–Kier alpha value is -1.36. The summed E-state index contributed by atoms with van der Waals surface area (Å²) in [5.74, 6) is 0.0452. The highest BCUT2D eigenvalue weighted by Gasteiger charge is 2.44. The fourth-order valence-corrected chi connectivity index (χ4v) is 4.22. The van der Waals surface area contributed by atoms with Gasteiger partial charge >= 0.3 is 0 Å². The van der Waals surface area contributed by atoms with E-state index in [4.69, 9.17) is 0 Å². The molecule has 0 spiro atoms. The first-order chi connectivity index (χ1) is 9.68. The van der Waals surface area contributed by atoms with Crippen LogP contribution in [0.2, 0.25) is 0 Å². The number of hydrogen-bond donors (Lipinski definition) is 0. The van der Waals surface area contributed by atoms with Crippen molar-refractivity contribution in [2.75, 3.05) is 20.1 Å². The highest BCUT2D eigenvalue weighted by atomic mass is 32.1. The highest BCUT2D eigenvalue weighted by molar-refractivity contribution is 7.10. The maximum Gasteiger partial charge on any atom is 0.228 e. The van der Waals surface area contributed by atoms with Crippen molar-refractivity contribution in [2.24, 2.45) is 5.92 Å². The number of rotatable bonds is 2. The van der Waals surface area contributed by atoms with Crippen molar-refractivity contribution >= 4 is 23.2 Å². The molecule has 0 aliphatic carbocycles. The Kier molecular flexibility index (Phi) is 3.78. The zero-order valence-electron chi connectivity index (χ0n) is 11.7. The van der Waals surface area contributed by atoms with Crippen molar-refractivity contribution in [3.63, 3.8) is 0 Å². The number of nitrogens with zero attached hydrogens (tertiary/aromatic N) is 2. The molecule has 5 heteroatoms. The third kappa shape index (κ3) is 2.35. The predicted molar refractivity (Wildman–Crippen MR) is 78.4 cm³/mol. The van der Waals surface area contributed by atoms with Gasteiger partial charge in [0.25, 0.3) is 0 Å². The average molecular weight is 292 g/mol. The summed E-state index contributed by atoms with van der Waals surface area (Å²) in [7, 11) is 1.82. The molecular formula is C15H20N2O2S. The van der Waals surface area contributed by atoms with Gasteiger partial charge in [0.05, 0.1) is 12.0 Å². The lowest BCUT2D eigenvalue weighted by Gasteiger charge is -2.31. The van der Waals surface area contributed by atoms with Gasteiger partial charge in [0.2, 0.25) is 11.8 Å². The SMILES string of the molecule is CN1C(=O)C[C@H](C(=O)N2CCCCC2)[C@H]1c1cccs1. The predicted octanol–water partition coefficient (Wildman–Crippen LogP) is 2.28. The zero-order chi connectivity index (χ0) is 14.1. The Morgan fingerprint density at radius 2 is 2.05 bits per heavy atom. The summed E-state index contributed by atoms with van der Waals surface area (Å²) in [6, 6.07) is 3.94. The number of amides is 2. The summed E-state index contributed by atoms with van der Waals surface area (Å²) in [5.41, 5.74) is 0. The van der Waals surface area contributed by atoms with Gasteiger partial charge in [-0.2, -0.15) is 0 Å². The van der Waals surface area contributed by atoms with Gasteiger partial charge in [-0.1, -0.05) is 6.07 Å². The van der Waals surface area contributed by atoms with E-state index in [2.05, 4.69) is 0 Å². The molecule has 0 unspecified atom stereocenters. The first-order valence-corrected chi connectivity index (χ1v) is 8.14. The summed E-state index contributed by atoms with van der Waals surface area (Å²) in [6.07, 6.45) is 3.74. The van der Waals surface area contributed by atoms with Crippen molar-refractivity contribution in [1.82, 2.24) is 9.80 Å². The van der Waals surface area contributed by atoms with E-state index >= 15 is 0 Å². The standard InChI is InChI=1S/C15H20N2O2S/c1-16-13(18)10-11(14(16)12-6-5-9-20-12)15(19)17-7-3-2-4-8-17/h5-6,9,11,14H,2-4,7-8,10H2,1H3/t11-,14-/m0/s1. The van der Waals surface area contributed by atoms with Gasteiger partial charge in [-0.3, -0.25) is 9.59 Å². The molecule has 0 bridgehead atoms. The van der Waals surface area contributed by atoms with E-state index in [1.54, 1.807) is 16.2 Å². The van der Waals surface area contributed by atoms with Gasteiger partial charge in [-0.25, -0.2) is 0 Å². The van der Waals surface area contributed by atoms with E-state index in [1.165, 1.54) is 6.42 Å². The van der Waals surface area contributed by atoms with Crippen LogP contribution in [0.25, 0.3) is 0 Å². The lowest BCUT2D eigenvalue weighted by Crippen LogP contribution is -2.41. The largest absolute Gasteiger partial charge is 0.342 e. The molecule has 2 amide bonds. The number of hydrogen-bond acceptors (Lipinski definition) is 3. The van der Waals surface area contributed by atoms with Gasteiger partial charge in [0.15, 0.2) is 0 Å².